The predicted molar refractivity (Wildman–Crippen MR) is 161 cm³/mol. The van der Waals surface area contributed by atoms with Crippen LogP contribution in [-0.4, -0.2) is 22.2 Å². The Labute approximate surface area is 235 Å². The van der Waals surface area contributed by atoms with E-state index in [2.05, 4.69) is 44.4 Å². The molecule has 196 valence electrons. The maximum Gasteiger partial charge on any atom is 0.256 e. The number of nitrogens with zero attached hydrogens (tertiary/aromatic N) is 1. The molecule has 0 bridgehead atoms. The number of hydrogen-bond acceptors (Lipinski definition) is 6. The predicted octanol–water partition coefficient (Wildman–Crippen LogP) is 7.67. The largest absolute Gasteiger partial charge is 0.313 e. The number of carbonyl (C=O) groups excluding carboxylic acids is 2. The van der Waals surface area contributed by atoms with Crippen LogP contribution in [-0.2, 0) is 12.0 Å². The Kier molecular flexibility index (Phi) is 6.25. The van der Waals surface area contributed by atoms with Crippen LogP contribution in [0.3, 0.4) is 0 Å². The van der Waals surface area contributed by atoms with Crippen LogP contribution in [0.4, 0.5) is 5.00 Å². The van der Waals surface area contributed by atoms with Crippen LogP contribution >= 0.6 is 22.7 Å². The number of anilines is 1. The third kappa shape index (κ3) is 4.82. The molecule has 5 aromatic rings. The van der Waals surface area contributed by atoms with Crippen LogP contribution in [0.15, 0.2) is 78.9 Å². The summed E-state index contributed by atoms with van der Waals surface area (Å²) >= 11 is 3.28. The number of thiazole rings is 1. The summed E-state index contributed by atoms with van der Waals surface area (Å²) in [5.74, 6) is -0.274. The van der Waals surface area contributed by atoms with E-state index in [4.69, 9.17) is 4.98 Å². The highest BCUT2D eigenvalue weighted by atomic mass is 32.1. The van der Waals surface area contributed by atoms with Gasteiger partial charge in [0.05, 0.1) is 10.2 Å². The van der Waals surface area contributed by atoms with E-state index in [0.29, 0.717) is 16.7 Å². The fourth-order valence-corrected chi connectivity index (χ4v) is 7.91. The minimum absolute atomic E-state index is 0.0658. The maximum atomic E-state index is 13.5. The second kappa shape index (κ2) is 9.52. The number of rotatable bonds is 5. The molecule has 0 saturated carbocycles. The summed E-state index contributed by atoms with van der Waals surface area (Å²) in [6.07, 6.45) is 0.833. The number of aromatic nitrogens is 1. The molecule has 6 rings (SSSR count). The molecule has 0 radical (unpaired) electrons. The van der Waals surface area contributed by atoms with E-state index >= 15 is 0 Å². The summed E-state index contributed by atoms with van der Waals surface area (Å²) in [6, 6.07) is 24.2. The molecule has 0 atom stereocenters. The van der Waals surface area contributed by atoms with Crippen molar-refractivity contribution in [1.29, 1.82) is 0 Å². The van der Waals surface area contributed by atoms with Crippen LogP contribution < -0.4 is 10.6 Å². The van der Waals surface area contributed by atoms with Gasteiger partial charge in [0, 0.05) is 38.2 Å². The zero-order valence-electron chi connectivity index (χ0n) is 22.3. The summed E-state index contributed by atoms with van der Waals surface area (Å²) in [5.41, 5.74) is 4.53. The monoisotopic (exact) mass is 551 g/mol. The van der Waals surface area contributed by atoms with Crippen molar-refractivity contribution in [2.24, 2.45) is 0 Å². The van der Waals surface area contributed by atoms with Crippen LogP contribution in [0.25, 0.3) is 20.8 Å². The number of ketones is 1. The Bertz CT molecular complexity index is 1680. The smallest absolute Gasteiger partial charge is 0.256 e. The van der Waals surface area contributed by atoms with Crippen molar-refractivity contribution < 1.29 is 9.59 Å². The van der Waals surface area contributed by atoms with E-state index in [-0.39, 0.29) is 22.8 Å². The number of para-hydroxylation sites is 1. The lowest BCUT2D eigenvalue weighted by Gasteiger charge is -2.42. The second-order valence-corrected chi connectivity index (χ2v) is 13.2. The summed E-state index contributed by atoms with van der Waals surface area (Å²) in [5, 5.41) is 8.70. The van der Waals surface area contributed by atoms with Gasteiger partial charge in [-0.15, -0.1) is 22.7 Å². The molecule has 0 saturated heterocycles. The molecule has 39 heavy (non-hydrogen) atoms. The molecule has 1 aliphatic rings. The lowest BCUT2D eigenvalue weighted by atomic mass is 9.81. The highest BCUT2D eigenvalue weighted by Gasteiger charge is 2.41. The van der Waals surface area contributed by atoms with Crippen molar-refractivity contribution in [1.82, 2.24) is 10.3 Å². The fraction of sp³-hybridized carbons (Fsp3) is 0.219. The highest BCUT2D eigenvalue weighted by molar-refractivity contribution is 7.23. The summed E-state index contributed by atoms with van der Waals surface area (Å²) in [6.45, 7) is 8.82. The number of thiophene rings is 1. The van der Waals surface area contributed by atoms with Gasteiger partial charge in [-0.2, -0.15) is 0 Å². The van der Waals surface area contributed by atoms with Crippen molar-refractivity contribution in [3.63, 3.8) is 0 Å². The molecule has 2 N–H and O–H groups in total. The summed E-state index contributed by atoms with van der Waals surface area (Å²) < 4.78 is 1.12. The average Bonchev–Trinajstić information content (AvgIpc) is 3.49. The van der Waals surface area contributed by atoms with Gasteiger partial charge in [-0.25, -0.2) is 4.98 Å². The van der Waals surface area contributed by atoms with Gasteiger partial charge in [0.15, 0.2) is 5.78 Å². The number of benzene rings is 3. The topological polar surface area (TPSA) is 71.1 Å². The molecule has 0 fully saturated rings. The average molecular weight is 552 g/mol. The zero-order chi connectivity index (χ0) is 27.4. The molecule has 1 amide bonds. The molecule has 2 aromatic heterocycles. The van der Waals surface area contributed by atoms with Gasteiger partial charge >= 0.3 is 0 Å². The Hall–Kier alpha value is -3.65. The first kappa shape index (κ1) is 25.6. The first-order chi connectivity index (χ1) is 18.6. The minimum Gasteiger partial charge on any atom is -0.313 e. The number of hydrogen-bond donors (Lipinski definition) is 2. The highest BCUT2D eigenvalue weighted by Crippen LogP contribution is 2.50. The fourth-order valence-electron chi connectivity index (χ4n) is 5.53. The van der Waals surface area contributed by atoms with Crippen LogP contribution in [0.2, 0.25) is 0 Å². The molecule has 5 nitrogen and oxygen atoms in total. The van der Waals surface area contributed by atoms with E-state index in [1.807, 2.05) is 36.4 Å². The molecule has 0 aliphatic carbocycles. The van der Waals surface area contributed by atoms with Gasteiger partial charge in [0.2, 0.25) is 0 Å². The van der Waals surface area contributed by atoms with E-state index in [9.17, 15) is 9.59 Å². The quantitative estimate of drug-likeness (QED) is 0.220. The van der Waals surface area contributed by atoms with Crippen molar-refractivity contribution in [2.45, 2.75) is 45.2 Å². The van der Waals surface area contributed by atoms with Gasteiger partial charge in [0.25, 0.3) is 5.91 Å². The van der Waals surface area contributed by atoms with Crippen LogP contribution in [0, 0.1) is 0 Å². The normalized spacial score (nSPS) is 15.6. The Morgan fingerprint density at radius 2 is 1.46 bits per heavy atom. The number of amides is 1. The molecule has 7 heteroatoms. The van der Waals surface area contributed by atoms with E-state index in [1.165, 1.54) is 10.4 Å². The lowest BCUT2D eigenvalue weighted by Crippen LogP contribution is -2.54. The van der Waals surface area contributed by atoms with Crippen LogP contribution in [0.5, 0.6) is 0 Å². The van der Waals surface area contributed by atoms with E-state index < -0.39 is 0 Å². The summed E-state index contributed by atoms with van der Waals surface area (Å²) in [7, 11) is 0. The number of fused-ring (bicyclic) bond motifs is 2. The third-order valence-electron chi connectivity index (χ3n) is 7.02. The standard InChI is InChI=1S/C32H29N3O2S2/c1-31(2)18-22-25(29-33-23-12-8-9-13-24(23)38-29)30(39-27(22)32(3,4)35-31)34-28(37)21-16-14-20(15-17-21)26(36)19-10-6-5-7-11-19/h5-17,35H,18H2,1-4H3,(H,34,37). The van der Waals surface area contributed by atoms with Gasteiger partial charge in [-0.05, 0) is 63.9 Å². The Balaban J connectivity index is 1.37. The molecule has 1 aliphatic heterocycles. The minimum atomic E-state index is -0.254. The summed E-state index contributed by atoms with van der Waals surface area (Å²) in [4.78, 5) is 32.5. The van der Waals surface area contributed by atoms with E-state index in [1.54, 1.807) is 59.1 Å². The first-order valence-electron chi connectivity index (χ1n) is 12.9. The van der Waals surface area contributed by atoms with Gasteiger partial charge in [-0.1, -0.05) is 54.6 Å². The third-order valence-corrected chi connectivity index (χ3v) is 9.55. The number of carbonyl (C=O) groups is 2. The molecule has 3 aromatic carbocycles. The van der Waals surface area contributed by atoms with Crippen molar-refractivity contribution >= 4 is 49.6 Å². The van der Waals surface area contributed by atoms with Crippen molar-refractivity contribution in [2.75, 3.05) is 5.32 Å². The lowest BCUT2D eigenvalue weighted by molar-refractivity contribution is 0.102. The van der Waals surface area contributed by atoms with Gasteiger partial charge in [-0.3, -0.25) is 9.59 Å². The Morgan fingerprint density at radius 3 is 2.18 bits per heavy atom. The number of nitrogens with one attached hydrogen (secondary N) is 2. The van der Waals surface area contributed by atoms with Crippen LogP contribution in [0.1, 0.15) is 64.4 Å². The zero-order valence-corrected chi connectivity index (χ0v) is 23.9. The van der Waals surface area contributed by atoms with Gasteiger partial charge in [0.1, 0.15) is 10.0 Å². The van der Waals surface area contributed by atoms with Crippen molar-refractivity contribution in [3.05, 3.63) is 106 Å². The second-order valence-electron chi connectivity index (χ2n) is 11.1. The molecular weight excluding hydrogens is 523 g/mol. The maximum absolute atomic E-state index is 13.5. The Morgan fingerprint density at radius 1 is 0.821 bits per heavy atom. The molecule has 0 spiro atoms. The van der Waals surface area contributed by atoms with Gasteiger partial charge < -0.3 is 10.6 Å². The van der Waals surface area contributed by atoms with E-state index in [0.717, 1.165) is 32.2 Å². The molecular formula is C32H29N3O2S2. The molecule has 3 heterocycles. The first-order valence-corrected chi connectivity index (χ1v) is 14.6. The SMILES string of the molecule is CC1(C)Cc2c(sc(NC(=O)c3ccc(C(=O)c4ccccc4)cc3)c2-c2nc3ccccc3s2)C(C)(C)N1. The van der Waals surface area contributed by atoms with Crippen molar-refractivity contribution in [3.8, 4) is 10.6 Å². The molecule has 0 unspecified atom stereocenters.